The van der Waals surface area contributed by atoms with E-state index in [0.29, 0.717) is 5.25 Å². The normalized spacial score (nSPS) is 27.9. The number of allylic oxidation sites excluding steroid dienone is 1. The van der Waals surface area contributed by atoms with E-state index < -0.39 is 0 Å². The molecule has 0 saturated carbocycles. The van der Waals surface area contributed by atoms with Crippen molar-refractivity contribution in [1.82, 2.24) is 4.90 Å². The van der Waals surface area contributed by atoms with Gasteiger partial charge in [0.2, 0.25) is 0 Å². The average Bonchev–Trinajstić information content (AvgIpc) is 2.72. The fourth-order valence-electron chi connectivity index (χ4n) is 1.80. The molecule has 0 aromatic heterocycles. The van der Waals surface area contributed by atoms with E-state index in [-0.39, 0.29) is 5.91 Å². The summed E-state index contributed by atoms with van der Waals surface area (Å²) in [6.45, 7) is 4.10. The van der Waals surface area contributed by atoms with Crippen molar-refractivity contribution in [3.63, 3.8) is 0 Å². The number of rotatable bonds is 1. The Morgan fingerprint density at radius 1 is 1.54 bits per heavy atom. The van der Waals surface area contributed by atoms with Crippen molar-refractivity contribution in [2.45, 2.75) is 31.4 Å². The summed E-state index contributed by atoms with van der Waals surface area (Å²) in [6.07, 6.45) is 5.51. The summed E-state index contributed by atoms with van der Waals surface area (Å²) in [5.41, 5.74) is 0. The Morgan fingerprint density at radius 2 is 2.23 bits per heavy atom. The first-order valence-electron chi connectivity index (χ1n) is 4.93. The molecule has 0 aromatic rings. The van der Waals surface area contributed by atoms with Gasteiger partial charge in [0.05, 0.1) is 4.91 Å². The van der Waals surface area contributed by atoms with Crippen LogP contribution < -0.4 is 0 Å². The Morgan fingerprint density at radius 3 is 2.77 bits per heavy atom. The molecule has 0 N–H and O–H groups in total. The Kier molecular flexibility index (Phi) is 2.63. The maximum atomic E-state index is 11.8. The molecule has 0 radical (unpaired) electrons. The Labute approximate surface area is 83.4 Å². The molecule has 1 amide bonds. The van der Waals surface area contributed by atoms with Gasteiger partial charge in [0.25, 0.3) is 5.91 Å². The first-order valence-corrected chi connectivity index (χ1v) is 5.81. The lowest BCUT2D eigenvalue weighted by atomic mass is 10.3. The number of nitrogens with zero attached hydrogens (tertiary/aromatic N) is 1. The van der Waals surface area contributed by atoms with Crippen LogP contribution in [0.3, 0.4) is 0 Å². The van der Waals surface area contributed by atoms with Gasteiger partial charge in [-0.3, -0.25) is 4.79 Å². The quantitative estimate of drug-likeness (QED) is 0.641. The number of amides is 1. The highest BCUT2D eigenvalue weighted by Crippen LogP contribution is 2.33. The van der Waals surface area contributed by atoms with E-state index in [1.54, 1.807) is 11.8 Å². The van der Waals surface area contributed by atoms with Crippen LogP contribution in [0.15, 0.2) is 11.0 Å². The molecule has 2 rings (SSSR count). The molecular weight excluding hydrogens is 182 g/mol. The summed E-state index contributed by atoms with van der Waals surface area (Å²) in [5, 5.41) is 0.599. The van der Waals surface area contributed by atoms with Crippen molar-refractivity contribution in [3.05, 3.63) is 11.0 Å². The second-order valence-electron chi connectivity index (χ2n) is 3.73. The third-order valence-electron chi connectivity index (χ3n) is 2.57. The summed E-state index contributed by atoms with van der Waals surface area (Å²) in [5.74, 6) is 0.270. The molecule has 0 aromatic carbocycles. The smallest absolute Gasteiger partial charge is 0.259 e. The maximum Gasteiger partial charge on any atom is 0.259 e. The Bertz CT molecular complexity index is 243. The average molecular weight is 197 g/mol. The Hall–Kier alpha value is -0.440. The SMILES string of the molecule is CC1CC=C(C(=O)N2CCCC2)S1. The molecule has 13 heavy (non-hydrogen) atoms. The Balaban J connectivity index is 1.97. The van der Waals surface area contributed by atoms with E-state index >= 15 is 0 Å². The fourth-order valence-corrected chi connectivity index (χ4v) is 2.85. The topological polar surface area (TPSA) is 20.3 Å². The van der Waals surface area contributed by atoms with E-state index in [1.165, 1.54) is 12.8 Å². The number of carbonyl (C=O) groups excluding carboxylic acids is 1. The van der Waals surface area contributed by atoms with E-state index in [0.717, 1.165) is 24.4 Å². The van der Waals surface area contributed by atoms with Gasteiger partial charge >= 0.3 is 0 Å². The molecule has 1 unspecified atom stereocenters. The van der Waals surface area contributed by atoms with Crippen LogP contribution in [0.5, 0.6) is 0 Å². The zero-order valence-electron chi connectivity index (χ0n) is 7.95. The van der Waals surface area contributed by atoms with Crippen molar-refractivity contribution >= 4 is 17.7 Å². The number of carbonyl (C=O) groups is 1. The van der Waals surface area contributed by atoms with Crippen LogP contribution in [0, 0.1) is 0 Å². The van der Waals surface area contributed by atoms with E-state index in [1.807, 2.05) is 4.90 Å². The molecule has 0 bridgehead atoms. The lowest BCUT2D eigenvalue weighted by molar-refractivity contribution is -0.125. The first-order chi connectivity index (χ1) is 6.27. The van der Waals surface area contributed by atoms with Crippen LogP contribution in [0.1, 0.15) is 26.2 Å². The molecule has 1 fully saturated rings. The highest BCUT2D eigenvalue weighted by molar-refractivity contribution is 8.04. The zero-order chi connectivity index (χ0) is 9.26. The predicted molar refractivity (Wildman–Crippen MR) is 55.6 cm³/mol. The van der Waals surface area contributed by atoms with Gasteiger partial charge < -0.3 is 4.90 Å². The number of hydrogen-bond acceptors (Lipinski definition) is 2. The highest BCUT2D eigenvalue weighted by atomic mass is 32.2. The zero-order valence-corrected chi connectivity index (χ0v) is 8.77. The lowest BCUT2D eigenvalue weighted by Crippen LogP contribution is -2.27. The summed E-state index contributed by atoms with van der Waals surface area (Å²) in [7, 11) is 0. The van der Waals surface area contributed by atoms with Crippen molar-refractivity contribution < 1.29 is 4.79 Å². The van der Waals surface area contributed by atoms with Gasteiger partial charge in [-0.25, -0.2) is 0 Å². The summed E-state index contributed by atoms with van der Waals surface area (Å²) in [4.78, 5) is 14.8. The lowest BCUT2D eigenvalue weighted by Gasteiger charge is -2.15. The van der Waals surface area contributed by atoms with E-state index in [4.69, 9.17) is 0 Å². The van der Waals surface area contributed by atoms with Gasteiger partial charge in [0.15, 0.2) is 0 Å². The minimum absolute atomic E-state index is 0.270. The van der Waals surface area contributed by atoms with Crippen LogP contribution in [-0.4, -0.2) is 29.1 Å². The van der Waals surface area contributed by atoms with E-state index in [2.05, 4.69) is 13.0 Å². The summed E-state index contributed by atoms with van der Waals surface area (Å²) < 4.78 is 0. The molecule has 2 aliphatic rings. The van der Waals surface area contributed by atoms with Crippen LogP contribution in [0.4, 0.5) is 0 Å². The molecule has 1 saturated heterocycles. The van der Waals surface area contributed by atoms with Gasteiger partial charge in [0.1, 0.15) is 0 Å². The van der Waals surface area contributed by atoms with Gasteiger partial charge in [-0.15, -0.1) is 11.8 Å². The molecule has 1 atom stereocenters. The molecule has 0 spiro atoms. The third-order valence-corrected chi connectivity index (χ3v) is 3.76. The van der Waals surface area contributed by atoms with Crippen molar-refractivity contribution in [2.75, 3.05) is 13.1 Å². The van der Waals surface area contributed by atoms with E-state index in [9.17, 15) is 4.79 Å². The molecule has 2 nitrogen and oxygen atoms in total. The molecular formula is C10H15NOS. The number of thioether (sulfide) groups is 1. The van der Waals surface area contributed by atoms with Crippen molar-refractivity contribution in [2.24, 2.45) is 0 Å². The van der Waals surface area contributed by atoms with Gasteiger partial charge in [-0.05, 0) is 19.3 Å². The molecule has 2 aliphatic heterocycles. The van der Waals surface area contributed by atoms with Gasteiger partial charge in [0, 0.05) is 18.3 Å². The molecule has 0 aliphatic carbocycles. The maximum absolute atomic E-state index is 11.8. The molecule has 2 heterocycles. The first kappa shape index (κ1) is 9.13. The fraction of sp³-hybridized carbons (Fsp3) is 0.700. The molecule has 3 heteroatoms. The highest BCUT2D eigenvalue weighted by Gasteiger charge is 2.25. The van der Waals surface area contributed by atoms with Crippen LogP contribution >= 0.6 is 11.8 Å². The minimum atomic E-state index is 0.270. The van der Waals surface area contributed by atoms with Gasteiger partial charge in [-0.2, -0.15) is 0 Å². The number of likely N-dealkylation sites (tertiary alicyclic amines) is 1. The predicted octanol–water partition coefficient (Wildman–Crippen LogP) is 2.02. The third kappa shape index (κ3) is 1.90. The second kappa shape index (κ2) is 3.74. The van der Waals surface area contributed by atoms with Crippen molar-refractivity contribution in [1.29, 1.82) is 0 Å². The van der Waals surface area contributed by atoms with Crippen LogP contribution in [0.25, 0.3) is 0 Å². The van der Waals surface area contributed by atoms with Crippen LogP contribution in [0.2, 0.25) is 0 Å². The summed E-state index contributed by atoms with van der Waals surface area (Å²) in [6, 6.07) is 0. The standard InChI is InChI=1S/C10H15NOS/c1-8-4-5-9(13-8)10(12)11-6-2-3-7-11/h5,8H,2-4,6-7H2,1H3. The largest absolute Gasteiger partial charge is 0.338 e. The monoisotopic (exact) mass is 197 g/mol. The summed E-state index contributed by atoms with van der Waals surface area (Å²) >= 11 is 1.73. The molecule has 72 valence electrons. The second-order valence-corrected chi connectivity index (χ2v) is 5.21. The number of hydrogen-bond donors (Lipinski definition) is 0. The van der Waals surface area contributed by atoms with Crippen LogP contribution in [-0.2, 0) is 4.79 Å². The van der Waals surface area contributed by atoms with Crippen molar-refractivity contribution in [3.8, 4) is 0 Å². The van der Waals surface area contributed by atoms with Gasteiger partial charge in [-0.1, -0.05) is 13.0 Å². The minimum Gasteiger partial charge on any atom is -0.338 e.